The smallest absolute Gasteiger partial charge is 0.244 e. The number of benzene rings is 2. The molecule has 2 aromatic rings. The molecule has 2 rings (SSSR count). The van der Waals surface area contributed by atoms with Crippen molar-refractivity contribution in [3.05, 3.63) is 65.7 Å². The molecular formula is C16H17F2NO3S. The quantitative estimate of drug-likeness (QED) is 0.814. The Kier molecular flexibility index (Phi) is 5.81. The number of sulfonamides is 1. The summed E-state index contributed by atoms with van der Waals surface area (Å²) in [5.74, 6) is -1.86. The van der Waals surface area contributed by atoms with Crippen LogP contribution in [0.3, 0.4) is 0 Å². The van der Waals surface area contributed by atoms with Crippen LogP contribution in [0, 0.1) is 11.6 Å². The predicted octanol–water partition coefficient (Wildman–Crippen LogP) is 2.76. The van der Waals surface area contributed by atoms with Gasteiger partial charge in [0.05, 0.1) is 0 Å². The summed E-state index contributed by atoms with van der Waals surface area (Å²) >= 11 is 0. The fraction of sp³-hybridized carbons (Fsp3) is 0.250. The first-order valence-electron chi connectivity index (χ1n) is 7.07. The van der Waals surface area contributed by atoms with Gasteiger partial charge in [0.2, 0.25) is 10.0 Å². The van der Waals surface area contributed by atoms with Gasteiger partial charge < -0.3 is 5.11 Å². The Hall–Kier alpha value is -1.83. The van der Waals surface area contributed by atoms with Gasteiger partial charge in [0.15, 0.2) is 0 Å². The van der Waals surface area contributed by atoms with Crippen LogP contribution in [0.2, 0.25) is 0 Å². The molecule has 0 spiro atoms. The SMILES string of the molecule is O=S(=O)(N[C@@H](CCCO)c1ccccc1)c1cc(F)ccc1F. The highest BCUT2D eigenvalue weighted by molar-refractivity contribution is 7.89. The summed E-state index contributed by atoms with van der Waals surface area (Å²) in [5.41, 5.74) is 0.682. The normalized spacial score (nSPS) is 13.0. The summed E-state index contributed by atoms with van der Waals surface area (Å²) in [6, 6.07) is 10.4. The molecule has 0 bridgehead atoms. The van der Waals surface area contributed by atoms with Crippen LogP contribution in [0.5, 0.6) is 0 Å². The lowest BCUT2D eigenvalue weighted by Gasteiger charge is -2.19. The average molecular weight is 341 g/mol. The molecule has 0 aromatic heterocycles. The molecule has 0 aliphatic rings. The van der Waals surface area contributed by atoms with Gasteiger partial charge in [0.25, 0.3) is 0 Å². The third-order valence-electron chi connectivity index (χ3n) is 3.33. The monoisotopic (exact) mass is 341 g/mol. The molecule has 124 valence electrons. The Morgan fingerprint density at radius 1 is 1.09 bits per heavy atom. The minimum atomic E-state index is -4.24. The summed E-state index contributed by atoms with van der Waals surface area (Å²) in [6.07, 6.45) is 0.699. The minimum absolute atomic E-state index is 0.0978. The summed E-state index contributed by atoms with van der Waals surface area (Å²) in [6.45, 7) is -0.0978. The van der Waals surface area contributed by atoms with Crippen molar-refractivity contribution in [2.45, 2.75) is 23.8 Å². The topological polar surface area (TPSA) is 66.4 Å². The van der Waals surface area contributed by atoms with Crippen molar-refractivity contribution in [1.29, 1.82) is 0 Å². The Morgan fingerprint density at radius 2 is 1.78 bits per heavy atom. The van der Waals surface area contributed by atoms with Crippen molar-refractivity contribution < 1.29 is 22.3 Å². The van der Waals surface area contributed by atoms with E-state index in [0.717, 1.165) is 12.1 Å². The first-order valence-corrected chi connectivity index (χ1v) is 8.55. The maximum absolute atomic E-state index is 13.7. The van der Waals surface area contributed by atoms with Crippen LogP contribution in [0.4, 0.5) is 8.78 Å². The fourth-order valence-electron chi connectivity index (χ4n) is 2.21. The standard InChI is InChI=1S/C16H17F2NO3S/c17-13-8-9-14(18)16(11-13)23(21,22)19-15(7-4-10-20)12-5-2-1-3-6-12/h1-3,5-6,8-9,11,15,19-20H,4,7,10H2/t15-/m0/s1. The van der Waals surface area contributed by atoms with Crippen molar-refractivity contribution in [3.63, 3.8) is 0 Å². The minimum Gasteiger partial charge on any atom is -0.396 e. The first-order chi connectivity index (χ1) is 10.9. The summed E-state index contributed by atoms with van der Waals surface area (Å²) < 4.78 is 54.1. The largest absolute Gasteiger partial charge is 0.396 e. The lowest BCUT2D eigenvalue weighted by Crippen LogP contribution is -2.29. The van der Waals surface area contributed by atoms with E-state index in [1.165, 1.54) is 0 Å². The van der Waals surface area contributed by atoms with Crippen LogP contribution in [0.15, 0.2) is 53.4 Å². The molecule has 0 unspecified atom stereocenters. The van der Waals surface area contributed by atoms with E-state index in [1.54, 1.807) is 30.3 Å². The van der Waals surface area contributed by atoms with E-state index in [9.17, 15) is 17.2 Å². The van der Waals surface area contributed by atoms with Gasteiger partial charge in [0, 0.05) is 12.6 Å². The zero-order valence-corrected chi connectivity index (χ0v) is 13.1. The summed E-state index contributed by atoms with van der Waals surface area (Å²) in [4.78, 5) is -0.734. The third-order valence-corrected chi connectivity index (χ3v) is 4.82. The Bertz CT molecular complexity index is 751. The Morgan fingerprint density at radius 3 is 2.43 bits per heavy atom. The number of nitrogens with one attached hydrogen (secondary N) is 1. The second kappa shape index (κ2) is 7.63. The Labute approximate surface area is 133 Å². The maximum Gasteiger partial charge on any atom is 0.244 e. The van der Waals surface area contributed by atoms with Crippen molar-refractivity contribution in [2.75, 3.05) is 6.61 Å². The molecule has 0 amide bonds. The highest BCUT2D eigenvalue weighted by Crippen LogP contribution is 2.23. The molecule has 0 saturated heterocycles. The van der Waals surface area contributed by atoms with Gasteiger partial charge in [-0.15, -0.1) is 0 Å². The van der Waals surface area contributed by atoms with Gasteiger partial charge in [-0.3, -0.25) is 0 Å². The van der Waals surface area contributed by atoms with E-state index in [2.05, 4.69) is 4.72 Å². The van der Waals surface area contributed by atoms with Gasteiger partial charge >= 0.3 is 0 Å². The van der Waals surface area contributed by atoms with Crippen LogP contribution in [-0.4, -0.2) is 20.1 Å². The van der Waals surface area contributed by atoms with Crippen molar-refractivity contribution in [3.8, 4) is 0 Å². The zero-order chi connectivity index (χ0) is 16.9. The summed E-state index contributed by atoms with van der Waals surface area (Å²) in [5, 5.41) is 8.97. The van der Waals surface area contributed by atoms with E-state index in [0.29, 0.717) is 24.5 Å². The molecule has 0 fully saturated rings. The van der Waals surface area contributed by atoms with Crippen LogP contribution >= 0.6 is 0 Å². The molecule has 2 aromatic carbocycles. The number of hydrogen-bond acceptors (Lipinski definition) is 3. The first kappa shape index (κ1) is 17.5. The van der Waals surface area contributed by atoms with Gasteiger partial charge in [-0.1, -0.05) is 30.3 Å². The van der Waals surface area contributed by atoms with Gasteiger partial charge in [-0.2, -0.15) is 0 Å². The lowest BCUT2D eigenvalue weighted by molar-refractivity contribution is 0.278. The average Bonchev–Trinajstić information content (AvgIpc) is 2.54. The second-order valence-electron chi connectivity index (χ2n) is 5.03. The molecule has 0 radical (unpaired) electrons. The molecule has 23 heavy (non-hydrogen) atoms. The van der Waals surface area contributed by atoms with E-state index >= 15 is 0 Å². The van der Waals surface area contributed by atoms with E-state index in [-0.39, 0.29) is 6.61 Å². The van der Waals surface area contributed by atoms with Crippen LogP contribution < -0.4 is 4.72 Å². The lowest BCUT2D eigenvalue weighted by atomic mass is 10.0. The molecule has 0 aliphatic carbocycles. The number of aliphatic hydroxyl groups excluding tert-OH is 1. The van der Waals surface area contributed by atoms with Crippen molar-refractivity contribution in [1.82, 2.24) is 4.72 Å². The molecule has 1 atom stereocenters. The molecule has 4 nitrogen and oxygen atoms in total. The van der Waals surface area contributed by atoms with Crippen LogP contribution in [0.1, 0.15) is 24.4 Å². The predicted molar refractivity (Wildman–Crippen MR) is 82.2 cm³/mol. The number of rotatable bonds is 7. The van der Waals surface area contributed by atoms with E-state index in [1.807, 2.05) is 0 Å². The number of hydrogen-bond donors (Lipinski definition) is 2. The summed E-state index contributed by atoms with van der Waals surface area (Å²) in [7, 11) is -4.24. The molecule has 7 heteroatoms. The molecule has 0 aliphatic heterocycles. The highest BCUT2D eigenvalue weighted by Gasteiger charge is 2.24. The van der Waals surface area contributed by atoms with Crippen molar-refractivity contribution in [2.24, 2.45) is 0 Å². The van der Waals surface area contributed by atoms with Gasteiger partial charge in [0.1, 0.15) is 16.5 Å². The zero-order valence-electron chi connectivity index (χ0n) is 12.2. The van der Waals surface area contributed by atoms with Crippen molar-refractivity contribution >= 4 is 10.0 Å². The maximum atomic E-state index is 13.7. The molecule has 2 N–H and O–H groups in total. The highest BCUT2D eigenvalue weighted by atomic mass is 32.2. The third kappa shape index (κ3) is 4.57. The molecular weight excluding hydrogens is 324 g/mol. The molecule has 0 saturated carbocycles. The van der Waals surface area contributed by atoms with Gasteiger partial charge in [-0.05, 0) is 36.6 Å². The fourth-order valence-corrected chi connectivity index (χ4v) is 3.56. The molecule has 0 heterocycles. The second-order valence-corrected chi connectivity index (χ2v) is 6.71. The van der Waals surface area contributed by atoms with E-state index < -0.39 is 32.6 Å². The Balaban J connectivity index is 2.32. The number of aliphatic hydroxyl groups is 1. The van der Waals surface area contributed by atoms with E-state index in [4.69, 9.17) is 5.11 Å². The van der Waals surface area contributed by atoms with Crippen LogP contribution in [-0.2, 0) is 10.0 Å². The van der Waals surface area contributed by atoms with Gasteiger partial charge in [-0.25, -0.2) is 21.9 Å². The number of halogens is 2. The van der Waals surface area contributed by atoms with Crippen LogP contribution in [0.25, 0.3) is 0 Å².